The van der Waals surface area contributed by atoms with Gasteiger partial charge in [-0.1, -0.05) is 6.07 Å². The zero-order chi connectivity index (χ0) is 14.2. The van der Waals surface area contributed by atoms with Crippen molar-refractivity contribution < 1.29 is 19.7 Å². The topological polar surface area (TPSA) is 62.2 Å². The molecule has 2 saturated heterocycles. The lowest BCUT2D eigenvalue weighted by atomic mass is 9.90. The van der Waals surface area contributed by atoms with E-state index >= 15 is 0 Å². The molecule has 0 bridgehead atoms. The normalized spacial score (nSPS) is 26.1. The molecular formula is C15H21NO4. The van der Waals surface area contributed by atoms with Gasteiger partial charge in [0.15, 0.2) is 17.3 Å². The van der Waals surface area contributed by atoms with Gasteiger partial charge >= 0.3 is 0 Å². The summed E-state index contributed by atoms with van der Waals surface area (Å²) in [6.07, 6.45) is 2.70. The van der Waals surface area contributed by atoms with Crippen LogP contribution < -0.4 is 0 Å². The molecule has 20 heavy (non-hydrogen) atoms. The van der Waals surface area contributed by atoms with Gasteiger partial charge in [-0.15, -0.1) is 0 Å². The Morgan fingerprint density at radius 3 is 2.70 bits per heavy atom. The molecule has 2 fully saturated rings. The summed E-state index contributed by atoms with van der Waals surface area (Å²) in [5, 5.41) is 19.0. The average molecular weight is 279 g/mol. The van der Waals surface area contributed by atoms with Gasteiger partial charge in [-0.25, -0.2) is 0 Å². The van der Waals surface area contributed by atoms with E-state index in [-0.39, 0.29) is 17.5 Å². The van der Waals surface area contributed by atoms with E-state index in [0.717, 1.165) is 31.4 Å². The maximum Gasteiger partial charge on any atom is 0.184 e. The Morgan fingerprint density at radius 2 is 2.00 bits per heavy atom. The minimum Gasteiger partial charge on any atom is -0.504 e. The summed E-state index contributed by atoms with van der Waals surface area (Å²) in [6.45, 7) is 2.31. The number of rotatable bonds is 2. The molecule has 1 unspecified atom stereocenters. The molecule has 1 atom stereocenters. The summed E-state index contributed by atoms with van der Waals surface area (Å²) >= 11 is 0. The lowest BCUT2D eigenvalue weighted by Crippen LogP contribution is -2.57. The molecule has 1 aromatic carbocycles. The van der Waals surface area contributed by atoms with Crippen LogP contribution in [0.1, 0.15) is 18.4 Å². The molecule has 0 aromatic heterocycles. The SMILES string of the molecule is CN1CCCC2(OCCO2)C1Cc1ccc(O)c(O)c1. The molecule has 5 heteroatoms. The Hall–Kier alpha value is -1.30. The number of hydrogen-bond acceptors (Lipinski definition) is 5. The molecule has 2 aliphatic rings. The molecule has 0 aliphatic carbocycles. The van der Waals surface area contributed by atoms with E-state index in [9.17, 15) is 10.2 Å². The third kappa shape index (κ3) is 2.37. The smallest absolute Gasteiger partial charge is 0.184 e. The van der Waals surface area contributed by atoms with Crippen molar-refractivity contribution in [3.8, 4) is 11.5 Å². The number of ether oxygens (including phenoxy) is 2. The summed E-state index contributed by atoms with van der Waals surface area (Å²) in [5.41, 5.74) is 0.970. The summed E-state index contributed by atoms with van der Waals surface area (Å²) in [4.78, 5) is 2.26. The van der Waals surface area contributed by atoms with Crippen LogP contribution in [0, 0.1) is 0 Å². The Labute approximate surface area is 118 Å². The van der Waals surface area contributed by atoms with Gasteiger partial charge in [0, 0.05) is 6.42 Å². The summed E-state index contributed by atoms with van der Waals surface area (Å²) < 4.78 is 11.8. The molecule has 5 nitrogen and oxygen atoms in total. The number of likely N-dealkylation sites (N-methyl/N-ethyl adjacent to an activating group) is 1. The number of hydrogen-bond donors (Lipinski definition) is 2. The minimum absolute atomic E-state index is 0.0803. The van der Waals surface area contributed by atoms with Crippen LogP contribution in [0.3, 0.4) is 0 Å². The van der Waals surface area contributed by atoms with Gasteiger partial charge in [0.1, 0.15) is 0 Å². The van der Waals surface area contributed by atoms with Crippen LogP contribution in [0.2, 0.25) is 0 Å². The second-order valence-corrected chi connectivity index (χ2v) is 5.64. The van der Waals surface area contributed by atoms with E-state index in [2.05, 4.69) is 11.9 Å². The second-order valence-electron chi connectivity index (χ2n) is 5.64. The van der Waals surface area contributed by atoms with Crippen LogP contribution in [-0.2, 0) is 15.9 Å². The van der Waals surface area contributed by atoms with Crippen molar-refractivity contribution in [3.63, 3.8) is 0 Å². The molecule has 110 valence electrons. The van der Waals surface area contributed by atoms with Gasteiger partial charge in [0.05, 0.1) is 19.3 Å². The lowest BCUT2D eigenvalue weighted by molar-refractivity contribution is -0.218. The largest absolute Gasteiger partial charge is 0.504 e. The number of benzene rings is 1. The summed E-state index contributed by atoms with van der Waals surface area (Å²) in [5.74, 6) is -0.683. The number of piperidine rings is 1. The van der Waals surface area contributed by atoms with Gasteiger partial charge in [-0.3, -0.25) is 4.90 Å². The van der Waals surface area contributed by atoms with E-state index in [1.165, 1.54) is 6.07 Å². The quantitative estimate of drug-likeness (QED) is 0.803. The highest BCUT2D eigenvalue weighted by Gasteiger charge is 2.48. The van der Waals surface area contributed by atoms with Crippen LogP contribution in [0.4, 0.5) is 0 Å². The fourth-order valence-corrected chi connectivity index (χ4v) is 3.27. The van der Waals surface area contributed by atoms with Crippen molar-refractivity contribution >= 4 is 0 Å². The first kappa shape index (κ1) is 13.7. The molecule has 0 saturated carbocycles. The molecular weight excluding hydrogens is 258 g/mol. The van der Waals surface area contributed by atoms with Crippen molar-refractivity contribution in [1.29, 1.82) is 0 Å². The van der Waals surface area contributed by atoms with Crippen LogP contribution in [0.15, 0.2) is 18.2 Å². The van der Waals surface area contributed by atoms with E-state index in [0.29, 0.717) is 13.2 Å². The molecule has 2 N–H and O–H groups in total. The maximum atomic E-state index is 9.63. The molecule has 3 rings (SSSR count). The fraction of sp³-hybridized carbons (Fsp3) is 0.600. The van der Waals surface area contributed by atoms with Crippen LogP contribution in [0.5, 0.6) is 11.5 Å². The van der Waals surface area contributed by atoms with E-state index in [1.54, 1.807) is 6.07 Å². The number of nitrogens with zero attached hydrogens (tertiary/aromatic N) is 1. The van der Waals surface area contributed by atoms with E-state index < -0.39 is 5.79 Å². The Morgan fingerprint density at radius 1 is 1.25 bits per heavy atom. The van der Waals surface area contributed by atoms with Gasteiger partial charge in [0.25, 0.3) is 0 Å². The van der Waals surface area contributed by atoms with Crippen molar-refractivity contribution in [2.75, 3.05) is 26.8 Å². The maximum absolute atomic E-state index is 9.63. The molecule has 2 aliphatic heterocycles. The average Bonchev–Trinajstić information content (AvgIpc) is 2.88. The minimum atomic E-state index is -0.513. The van der Waals surface area contributed by atoms with E-state index in [4.69, 9.17) is 9.47 Å². The molecule has 2 heterocycles. The third-order valence-electron chi connectivity index (χ3n) is 4.32. The van der Waals surface area contributed by atoms with Gasteiger partial charge in [0.2, 0.25) is 0 Å². The third-order valence-corrected chi connectivity index (χ3v) is 4.32. The van der Waals surface area contributed by atoms with Crippen LogP contribution in [0.25, 0.3) is 0 Å². The Kier molecular flexibility index (Phi) is 3.58. The van der Waals surface area contributed by atoms with Crippen molar-refractivity contribution in [1.82, 2.24) is 4.90 Å². The highest BCUT2D eigenvalue weighted by molar-refractivity contribution is 5.40. The predicted octanol–water partition coefficient (Wildman–Crippen LogP) is 1.48. The second kappa shape index (κ2) is 5.24. The fourth-order valence-electron chi connectivity index (χ4n) is 3.27. The van der Waals surface area contributed by atoms with Gasteiger partial charge < -0.3 is 19.7 Å². The monoisotopic (exact) mass is 279 g/mol. The number of likely N-dealkylation sites (tertiary alicyclic amines) is 1. The standard InChI is InChI=1S/C15H21NO4/c1-16-6-2-5-15(19-7-8-20-15)14(16)10-11-3-4-12(17)13(18)9-11/h3-4,9,14,17-18H,2,5-8,10H2,1H3. The first-order valence-corrected chi connectivity index (χ1v) is 7.10. The highest BCUT2D eigenvalue weighted by Crippen LogP contribution is 2.37. The van der Waals surface area contributed by atoms with E-state index in [1.807, 2.05) is 6.07 Å². The number of aromatic hydroxyl groups is 2. The highest BCUT2D eigenvalue weighted by atomic mass is 16.7. The summed E-state index contributed by atoms with van der Waals surface area (Å²) in [6, 6.07) is 5.10. The van der Waals surface area contributed by atoms with Crippen LogP contribution in [-0.4, -0.2) is 53.7 Å². The zero-order valence-corrected chi connectivity index (χ0v) is 11.7. The van der Waals surface area contributed by atoms with Crippen molar-refractivity contribution in [2.24, 2.45) is 0 Å². The lowest BCUT2D eigenvalue weighted by Gasteiger charge is -2.45. The van der Waals surface area contributed by atoms with Gasteiger partial charge in [-0.05, 0) is 44.1 Å². The van der Waals surface area contributed by atoms with Crippen LogP contribution >= 0.6 is 0 Å². The molecule has 0 radical (unpaired) electrons. The van der Waals surface area contributed by atoms with Crippen molar-refractivity contribution in [2.45, 2.75) is 31.1 Å². The number of phenolic OH excluding ortho intramolecular Hbond substituents is 2. The zero-order valence-electron chi connectivity index (χ0n) is 11.7. The summed E-state index contributed by atoms with van der Waals surface area (Å²) in [7, 11) is 2.08. The first-order valence-electron chi connectivity index (χ1n) is 7.10. The van der Waals surface area contributed by atoms with Gasteiger partial charge in [-0.2, -0.15) is 0 Å². The Bertz CT molecular complexity index is 485. The molecule has 1 spiro atoms. The van der Waals surface area contributed by atoms with Crippen molar-refractivity contribution in [3.05, 3.63) is 23.8 Å². The predicted molar refractivity (Wildman–Crippen MR) is 73.8 cm³/mol. The molecule has 1 aromatic rings. The molecule has 0 amide bonds. The number of phenols is 2. The Balaban J connectivity index is 1.83. The first-order chi connectivity index (χ1) is 9.61.